The second kappa shape index (κ2) is 8.10. The van der Waals surface area contributed by atoms with Crippen molar-refractivity contribution in [2.24, 2.45) is 5.92 Å². The van der Waals surface area contributed by atoms with Crippen LogP contribution in [0.4, 0.5) is 10.8 Å². The normalized spacial score (nSPS) is 11.2. The number of benzene rings is 1. The Balaban J connectivity index is 1.73. The number of nitrogens with one attached hydrogen (secondary N) is 2. The topological polar surface area (TPSA) is 88.9 Å². The van der Waals surface area contributed by atoms with Gasteiger partial charge in [-0.25, -0.2) is 4.98 Å². The molecule has 0 spiro atoms. The Morgan fingerprint density at radius 1 is 1.21 bits per heavy atom. The van der Waals surface area contributed by atoms with Crippen LogP contribution in [0, 0.1) is 19.8 Å². The molecular weight excluding hydrogens is 374 g/mol. The second-order valence-electron chi connectivity index (χ2n) is 7.33. The molecule has 0 fully saturated rings. The van der Waals surface area contributed by atoms with Gasteiger partial charge in [0.05, 0.1) is 22.3 Å². The number of aromatic nitrogens is 3. The van der Waals surface area contributed by atoms with E-state index in [-0.39, 0.29) is 18.2 Å². The molecule has 0 unspecified atom stereocenters. The molecule has 2 aromatic heterocycles. The highest BCUT2D eigenvalue weighted by Crippen LogP contribution is 2.28. The number of amides is 2. The maximum atomic E-state index is 12.6. The minimum absolute atomic E-state index is 0.114. The third-order valence-electron chi connectivity index (χ3n) is 4.36. The zero-order chi connectivity index (χ0) is 20.4. The minimum Gasteiger partial charge on any atom is -0.326 e. The van der Waals surface area contributed by atoms with E-state index in [9.17, 15) is 9.59 Å². The lowest BCUT2D eigenvalue weighted by molar-refractivity contribution is -0.116. The zero-order valence-corrected chi connectivity index (χ0v) is 17.6. The van der Waals surface area contributed by atoms with Crippen LogP contribution in [0.25, 0.3) is 10.2 Å². The van der Waals surface area contributed by atoms with Gasteiger partial charge in [0.1, 0.15) is 0 Å². The van der Waals surface area contributed by atoms with Crippen LogP contribution < -0.4 is 10.6 Å². The first-order valence-electron chi connectivity index (χ1n) is 9.24. The van der Waals surface area contributed by atoms with E-state index in [1.807, 2.05) is 30.7 Å². The lowest BCUT2D eigenvalue weighted by Crippen LogP contribution is -2.15. The smallest absolute Gasteiger partial charge is 0.230 e. The fourth-order valence-corrected chi connectivity index (χ4v) is 4.02. The summed E-state index contributed by atoms with van der Waals surface area (Å²) in [6, 6.07) is 5.48. The molecule has 2 N–H and O–H groups in total. The van der Waals surface area contributed by atoms with Gasteiger partial charge in [0, 0.05) is 30.4 Å². The van der Waals surface area contributed by atoms with Crippen molar-refractivity contribution in [1.29, 1.82) is 0 Å². The highest BCUT2D eigenvalue weighted by atomic mass is 32.1. The zero-order valence-electron chi connectivity index (χ0n) is 16.8. The number of thiazole rings is 1. The van der Waals surface area contributed by atoms with Gasteiger partial charge in [0.2, 0.25) is 11.8 Å². The molecule has 0 saturated carbocycles. The molecule has 28 heavy (non-hydrogen) atoms. The largest absolute Gasteiger partial charge is 0.326 e. The first-order chi connectivity index (χ1) is 13.2. The van der Waals surface area contributed by atoms with Crippen LogP contribution in [0.2, 0.25) is 0 Å². The van der Waals surface area contributed by atoms with E-state index >= 15 is 0 Å². The van der Waals surface area contributed by atoms with Crippen LogP contribution in [0.3, 0.4) is 0 Å². The monoisotopic (exact) mass is 399 g/mol. The van der Waals surface area contributed by atoms with E-state index in [0.717, 1.165) is 33.7 Å². The van der Waals surface area contributed by atoms with E-state index in [2.05, 4.69) is 34.6 Å². The first kappa shape index (κ1) is 20.0. The summed E-state index contributed by atoms with van der Waals surface area (Å²) >= 11 is 1.38. The predicted octanol–water partition coefficient (Wildman–Crippen LogP) is 3.91. The highest BCUT2D eigenvalue weighted by Gasteiger charge is 2.17. The Hall–Kier alpha value is -2.74. The van der Waals surface area contributed by atoms with Crippen LogP contribution in [-0.2, 0) is 22.6 Å². The van der Waals surface area contributed by atoms with E-state index in [1.165, 1.54) is 18.3 Å². The molecule has 3 rings (SSSR count). The van der Waals surface area contributed by atoms with Gasteiger partial charge in [0.25, 0.3) is 0 Å². The Morgan fingerprint density at radius 3 is 2.64 bits per heavy atom. The average molecular weight is 400 g/mol. The molecular formula is C20H25N5O2S. The maximum Gasteiger partial charge on any atom is 0.230 e. The van der Waals surface area contributed by atoms with Gasteiger partial charge in [-0.15, -0.1) is 0 Å². The van der Waals surface area contributed by atoms with E-state index < -0.39 is 0 Å². The lowest BCUT2D eigenvalue weighted by Gasteiger charge is -2.08. The molecule has 8 heteroatoms. The number of anilines is 2. The van der Waals surface area contributed by atoms with E-state index in [0.29, 0.717) is 16.7 Å². The third-order valence-corrected chi connectivity index (χ3v) is 5.30. The minimum atomic E-state index is -0.124. The first-order valence-corrected chi connectivity index (χ1v) is 10.1. The van der Waals surface area contributed by atoms with Gasteiger partial charge in [0.15, 0.2) is 5.13 Å². The molecule has 3 aromatic rings. The van der Waals surface area contributed by atoms with Crippen LogP contribution >= 0.6 is 11.3 Å². The molecule has 1 aromatic carbocycles. The molecule has 2 amide bonds. The van der Waals surface area contributed by atoms with E-state index in [1.54, 1.807) is 6.07 Å². The van der Waals surface area contributed by atoms with E-state index in [4.69, 9.17) is 0 Å². The van der Waals surface area contributed by atoms with Gasteiger partial charge < -0.3 is 10.6 Å². The van der Waals surface area contributed by atoms with Crippen molar-refractivity contribution >= 4 is 44.2 Å². The van der Waals surface area contributed by atoms with Gasteiger partial charge in [-0.05, 0) is 38.0 Å². The number of rotatable bonds is 6. The quantitative estimate of drug-likeness (QED) is 0.658. The summed E-state index contributed by atoms with van der Waals surface area (Å²) in [7, 11) is 0. The molecule has 0 aliphatic rings. The number of hydrogen-bond acceptors (Lipinski definition) is 5. The summed E-state index contributed by atoms with van der Waals surface area (Å²) in [5, 5.41) is 10.8. The van der Waals surface area contributed by atoms with Crippen molar-refractivity contribution in [3.63, 3.8) is 0 Å². The average Bonchev–Trinajstić information content (AvgIpc) is 3.09. The summed E-state index contributed by atoms with van der Waals surface area (Å²) in [5.41, 5.74) is 4.38. The summed E-state index contributed by atoms with van der Waals surface area (Å²) in [5.74, 6) is 0.252. The summed E-state index contributed by atoms with van der Waals surface area (Å²) in [6.07, 6.45) is 0.267. The Morgan fingerprint density at radius 2 is 1.96 bits per heavy atom. The van der Waals surface area contributed by atoms with Gasteiger partial charge >= 0.3 is 0 Å². The Bertz CT molecular complexity index is 1030. The summed E-state index contributed by atoms with van der Waals surface area (Å²) < 4.78 is 2.88. The second-order valence-corrected chi connectivity index (χ2v) is 8.36. The fourth-order valence-electron chi connectivity index (χ4n) is 3.10. The number of carbonyl (C=O) groups is 2. The standard InChI is InChI=1S/C20H25N5O2S/c1-11(2)10-25-13(4)16(12(3)24-25)9-19(27)23-20-22-17-7-6-15(21-14(5)26)8-18(17)28-20/h6-8,11H,9-10H2,1-5H3,(H,21,26)(H,22,23,27). The van der Waals surface area contributed by atoms with Crippen molar-refractivity contribution < 1.29 is 9.59 Å². The Kier molecular flexibility index (Phi) is 5.79. The molecule has 0 radical (unpaired) electrons. The molecule has 0 atom stereocenters. The van der Waals surface area contributed by atoms with Crippen molar-refractivity contribution in [1.82, 2.24) is 14.8 Å². The van der Waals surface area contributed by atoms with Crippen molar-refractivity contribution in [2.45, 2.75) is 47.6 Å². The highest BCUT2D eigenvalue weighted by molar-refractivity contribution is 7.22. The number of nitrogens with zero attached hydrogens (tertiary/aromatic N) is 3. The fraction of sp³-hybridized carbons (Fsp3) is 0.400. The molecule has 7 nitrogen and oxygen atoms in total. The van der Waals surface area contributed by atoms with Crippen LogP contribution in [-0.4, -0.2) is 26.6 Å². The lowest BCUT2D eigenvalue weighted by atomic mass is 10.1. The SMILES string of the molecule is CC(=O)Nc1ccc2nc(NC(=O)Cc3c(C)nn(CC(C)C)c3C)sc2c1. The molecule has 0 aliphatic carbocycles. The molecule has 148 valence electrons. The number of hydrogen-bond donors (Lipinski definition) is 2. The Labute approximate surface area is 168 Å². The van der Waals surface area contributed by atoms with Crippen LogP contribution in [0.15, 0.2) is 18.2 Å². The predicted molar refractivity (Wildman–Crippen MR) is 113 cm³/mol. The maximum absolute atomic E-state index is 12.6. The third kappa shape index (κ3) is 4.56. The van der Waals surface area contributed by atoms with Crippen LogP contribution in [0.5, 0.6) is 0 Å². The molecule has 2 heterocycles. The van der Waals surface area contributed by atoms with Crippen LogP contribution in [0.1, 0.15) is 37.7 Å². The number of fused-ring (bicyclic) bond motifs is 1. The summed E-state index contributed by atoms with van der Waals surface area (Å²) in [4.78, 5) is 28.2. The van der Waals surface area contributed by atoms with Gasteiger partial charge in [-0.3, -0.25) is 14.3 Å². The van der Waals surface area contributed by atoms with Gasteiger partial charge in [-0.1, -0.05) is 25.2 Å². The molecule has 0 aliphatic heterocycles. The number of aryl methyl sites for hydroxylation is 1. The molecule has 0 saturated heterocycles. The van der Waals surface area contributed by atoms with Crippen molar-refractivity contribution in [3.05, 3.63) is 35.2 Å². The van der Waals surface area contributed by atoms with Crippen molar-refractivity contribution in [3.8, 4) is 0 Å². The number of carbonyl (C=O) groups excluding carboxylic acids is 2. The summed E-state index contributed by atoms with van der Waals surface area (Å²) in [6.45, 7) is 10.5. The van der Waals surface area contributed by atoms with Crippen molar-refractivity contribution in [2.75, 3.05) is 10.6 Å². The molecule has 0 bridgehead atoms. The van der Waals surface area contributed by atoms with Gasteiger partial charge in [-0.2, -0.15) is 5.10 Å².